The predicted molar refractivity (Wildman–Crippen MR) is 144 cm³/mol. The van der Waals surface area contributed by atoms with Crippen LogP contribution in [-0.4, -0.2) is 39.5 Å². The minimum atomic E-state index is -4.56. The molecule has 0 bridgehead atoms. The number of amides is 1. The molecule has 2 aromatic carbocycles. The van der Waals surface area contributed by atoms with Crippen LogP contribution in [0.15, 0.2) is 36.4 Å². The highest BCUT2D eigenvalue weighted by atomic mass is 19.4. The summed E-state index contributed by atoms with van der Waals surface area (Å²) < 4.78 is 53.8. The quantitative estimate of drug-likeness (QED) is 0.382. The van der Waals surface area contributed by atoms with Gasteiger partial charge in [-0.3, -0.25) is 4.79 Å². The van der Waals surface area contributed by atoms with Crippen molar-refractivity contribution in [2.75, 3.05) is 37.1 Å². The maximum Gasteiger partial charge on any atom is 0.416 e. The van der Waals surface area contributed by atoms with Crippen molar-refractivity contribution in [3.05, 3.63) is 58.7 Å². The molecule has 9 heteroatoms. The van der Waals surface area contributed by atoms with Crippen molar-refractivity contribution >= 4 is 17.3 Å². The molecule has 2 aliphatic carbocycles. The molecule has 1 spiro atoms. The summed E-state index contributed by atoms with van der Waals surface area (Å²) in [7, 11) is 3.29. The lowest BCUT2D eigenvalue weighted by atomic mass is 9.65. The van der Waals surface area contributed by atoms with E-state index in [-0.39, 0.29) is 41.2 Å². The normalized spacial score (nSPS) is 24.2. The summed E-state index contributed by atoms with van der Waals surface area (Å²) in [6, 6.07) is 12.6. The molecule has 0 N–H and O–H groups in total. The predicted octanol–water partition coefficient (Wildman–Crippen LogP) is 6.50. The maximum atomic E-state index is 14.3. The molecule has 0 aromatic heterocycles. The number of carbonyl (C=O) groups excluding carboxylic acids is 1. The van der Waals surface area contributed by atoms with Gasteiger partial charge in [-0.05, 0) is 79.8 Å². The number of nitriles is 1. The van der Waals surface area contributed by atoms with Crippen LogP contribution in [0.25, 0.3) is 0 Å². The number of carbonyl (C=O) groups is 1. The van der Waals surface area contributed by atoms with Crippen LogP contribution < -0.4 is 9.80 Å². The van der Waals surface area contributed by atoms with Crippen molar-refractivity contribution in [1.29, 1.82) is 5.26 Å². The SMILES string of the molecule is COC(OC)C1CCC2(CC1)CN(c1cc3c(c(C(F)(F)F)c1)CN(c1cccc(C4CC(C#N)C4)c1)C3=O)C2. The van der Waals surface area contributed by atoms with Gasteiger partial charge in [-0.25, -0.2) is 0 Å². The Balaban J connectivity index is 1.21. The first kappa shape index (κ1) is 27.1. The average molecular weight is 554 g/mol. The van der Waals surface area contributed by atoms with Gasteiger partial charge in [0.15, 0.2) is 6.29 Å². The third-order valence-electron chi connectivity index (χ3n) is 9.66. The number of halogens is 3. The number of benzene rings is 2. The van der Waals surface area contributed by atoms with Crippen molar-refractivity contribution in [3.8, 4) is 6.07 Å². The lowest BCUT2D eigenvalue weighted by Crippen LogP contribution is -2.58. The number of hydrogen-bond donors (Lipinski definition) is 0. The lowest BCUT2D eigenvalue weighted by molar-refractivity contribution is -0.150. The second-order valence-corrected chi connectivity index (χ2v) is 12.0. The molecule has 2 aliphatic heterocycles. The zero-order chi connectivity index (χ0) is 28.2. The number of methoxy groups -OCH3 is 2. The fourth-order valence-corrected chi connectivity index (χ4v) is 7.25. The summed E-state index contributed by atoms with van der Waals surface area (Å²) in [5.41, 5.74) is 1.62. The molecule has 4 aliphatic rings. The van der Waals surface area contributed by atoms with Crippen molar-refractivity contribution in [1.82, 2.24) is 0 Å². The highest BCUT2D eigenvalue weighted by Crippen LogP contribution is 2.50. The standard InChI is InChI=1S/C31H34F3N3O3/c1-39-29(40-2)20-6-8-30(9-7-20)17-36(18-30)24-13-25-26(27(14-24)31(32,33)34)16-37(28(25)38)23-5-3-4-21(12-23)22-10-19(11-22)15-35/h3-5,12-14,19-20,22,29H,6-11,16-18H2,1-2H3. The zero-order valence-electron chi connectivity index (χ0n) is 22.8. The second-order valence-electron chi connectivity index (χ2n) is 12.0. The number of fused-ring (bicyclic) bond motifs is 1. The van der Waals surface area contributed by atoms with Gasteiger partial charge >= 0.3 is 6.18 Å². The van der Waals surface area contributed by atoms with E-state index in [1.54, 1.807) is 26.4 Å². The van der Waals surface area contributed by atoms with Gasteiger partial charge in [0.25, 0.3) is 5.91 Å². The van der Waals surface area contributed by atoms with E-state index in [1.165, 1.54) is 11.0 Å². The van der Waals surface area contributed by atoms with Crippen LogP contribution in [0, 0.1) is 28.6 Å². The van der Waals surface area contributed by atoms with Crippen molar-refractivity contribution in [2.24, 2.45) is 17.3 Å². The highest BCUT2D eigenvalue weighted by molar-refractivity contribution is 6.11. The number of anilines is 2. The molecular formula is C31H34F3N3O3. The van der Waals surface area contributed by atoms with Crippen LogP contribution in [0.5, 0.6) is 0 Å². The molecule has 2 saturated carbocycles. The first-order valence-corrected chi connectivity index (χ1v) is 14.0. The molecule has 2 aromatic rings. The summed E-state index contributed by atoms with van der Waals surface area (Å²) in [4.78, 5) is 17.0. The molecule has 1 saturated heterocycles. The van der Waals surface area contributed by atoms with Gasteiger partial charge < -0.3 is 19.3 Å². The van der Waals surface area contributed by atoms with Crippen LogP contribution >= 0.6 is 0 Å². The molecular weight excluding hydrogens is 519 g/mol. The van der Waals surface area contributed by atoms with E-state index in [0.29, 0.717) is 30.4 Å². The highest BCUT2D eigenvalue weighted by Gasteiger charge is 2.48. The molecule has 0 atom stereocenters. The molecule has 1 amide bonds. The number of nitrogens with zero attached hydrogens (tertiary/aromatic N) is 3. The van der Waals surface area contributed by atoms with Gasteiger partial charge in [0, 0.05) is 61.5 Å². The summed E-state index contributed by atoms with van der Waals surface area (Å²) in [6.07, 6.45) is 0.636. The van der Waals surface area contributed by atoms with Gasteiger partial charge in [-0.2, -0.15) is 18.4 Å². The van der Waals surface area contributed by atoms with Crippen LogP contribution in [0.2, 0.25) is 0 Å². The molecule has 40 heavy (non-hydrogen) atoms. The van der Waals surface area contributed by atoms with E-state index in [2.05, 4.69) is 6.07 Å². The topological polar surface area (TPSA) is 65.8 Å². The third kappa shape index (κ3) is 4.65. The Hall–Kier alpha value is -3.09. The molecule has 3 fully saturated rings. The van der Waals surface area contributed by atoms with Gasteiger partial charge in [0.2, 0.25) is 0 Å². The van der Waals surface area contributed by atoms with Crippen LogP contribution in [-0.2, 0) is 22.2 Å². The molecule has 0 unspecified atom stereocenters. The Morgan fingerprint density at radius 3 is 2.38 bits per heavy atom. The summed E-state index contributed by atoms with van der Waals surface area (Å²) in [5, 5.41) is 9.10. The summed E-state index contributed by atoms with van der Waals surface area (Å²) >= 11 is 0. The molecule has 2 heterocycles. The van der Waals surface area contributed by atoms with Crippen molar-refractivity contribution in [2.45, 2.75) is 63.5 Å². The largest absolute Gasteiger partial charge is 0.416 e. The van der Waals surface area contributed by atoms with Gasteiger partial charge in [0.1, 0.15) is 0 Å². The zero-order valence-corrected chi connectivity index (χ0v) is 22.8. The van der Waals surface area contributed by atoms with Gasteiger partial charge in [0.05, 0.1) is 18.2 Å². The van der Waals surface area contributed by atoms with Gasteiger partial charge in [-0.15, -0.1) is 0 Å². The lowest BCUT2D eigenvalue weighted by Gasteiger charge is -2.55. The van der Waals surface area contributed by atoms with E-state index in [4.69, 9.17) is 14.7 Å². The Labute approximate surface area is 232 Å². The summed E-state index contributed by atoms with van der Waals surface area (Å²) in [6.45, 7) is 1.26. The van der Waals surface area contributed by atoms with Crippen molar-refractivity contribution < 1.29 is 27.4 Å². The number of ether oxygens (including phenoxy) is 2. The molecule has 0 radical (unpaired) electrons. The third-order valence-corrected chi connectivity index (χ3v) is 9.66. The Bertz CT molecular complexity index is 1330. The average Bonchev–Trinajstić information content (AvgIpc) is 3.23. The minimum absolute atomic E-state index is 0.0424. The Morgan fingerprint density at radius 1 is 1.05 bits per heavy atom. The van der Waals surface area contributed by atoms with Crippen LogP contribution in [0.4, 0.5) is 24.5 Å². The minimum Gasteiger partial charge on any atom is -0.370 e. The first-order chi connectivity index (χ1) is 19.1. The summed E-state index contributed by atoms with van der Waals surface area (Å²) in [5.74, 6) is 0.211. The molecule has 212 valence electrons. The first-order valence-electron chi connectivity index (χ1n) is 14.0. The van der Waals surface area contributed by atoms with Crippen LogP contribution in [0.1, 0.15) is 71.5 Å². The molecule has 6 nitrogen and oxygen atoms in total. The smallest absolute Gasteiger partial charge is 0.370 e. The number of hydrogen-bond acceptors (Lipinski definition) is 5. The second kappa shape index (κ2) is 10.1. The molecule has 6 rings (SSSR count). The Morgan fingerprint density at radius 2 is 1.75 bits per heavy atom. The van der Waals surface area contributed by atoms with Crippen molar-refractivity contribution in [3.63, 3.8) is 0 Å². The van der Waals surface area contributed by atoms with E-state index in [0.717, 1.165) is 44.1 Å². The van der Waals surface area contributed by atoms with E-state index < -0.39 is 17.6 Å². The van der Waals surface area contributed by atoms with E-state index in [9.17, 15) is 18.0 Å². The van der Waals surface area contributed by atoms with E-state index >= 15 is 0 Å². The fourth-order valence-electron chi connectivity index (χ4n) is 7.25. The van der Waals surface area contributed by atoms with Gasteiger partial charge in [-0.1, -0.05) is 12.1 Å². The number of alkyl halides is 3. The van der Waals surface area contributed by atoms with E-state index in [1.807, 2.05) is 23.1 Å². The number of rotatable bonds is 6. The van der Waals surface area contributed by atoms with Crippen LogP contribution in [0.3, 0.4) is 0 Å². The Kier molecular flexibility index (Phi) is 6.82. The fraction of sp³-hybridized carbons (Fsp3) is 0.548. The monoisotopic (exact) mass is 553 g/mol. The maximum absolute atomic E-state index is 14.3.